The predicted octanol–water partition coefficient (Wildman–Crippen LogP) is 4.94. The Kier molecular flexibility index (Phi) is 6.31. The van der Waals surface area contributed by atoms with E-state index in [2.05, 4.69) is 32.7 Å². The van der Waals surface area contributed by atoms with E-state index >= 15 is 4.39 Å². The molecule has 11 heteroatoms. The summed E-state index contributed by atoms with van der Waals surface area (Å²) in [5.41, 5.74) is 0.0271. The largest absolute Gasteiger partial charge is 0.508 e. The van der Waals surface area contributed by atoms with Gasteiger partial charge in [-0.2, -0.15) is 9.97 Å². The number of methoxy groups -OCH3 is 1. The summed E-state index contributed by atoms with van der Waals surface area (Å²) in [6.07, 6.45) is 11.4. The Morgan fingerprint density at radius 1 is 1.26 bits per heavy atom. The van der Waals surface area contributed by atoms with Gasteiger partial charge in [0.1, 0.15) is 35.2 Å². The molecular weight excluding hydrogens is 602 g/mol. The van der Waals surface area contributed by atoms with Crippen LogP contribution in [0.15, 0.2) is 42.6 Å². The molecule has 4 fully saturated rings. The lowest BCUT2D eigenvalue weighted by atomic mass is 9.94. The zero-order valence-corrected chi connectivity index (χ0v) is 25.8. The average molecular weight is 642 g/mol. The number of phenols is 1. The van der Waals surface area contributed by atoms with Gasteiger partial charge in [0.15, 0.2) is 5.82 Å². The third-order valence-electron chi connectivity index (χ3n) is 10.4. The Morgan fingerprint density at radius 2 is 2.15 bits per heavy atom. The molecule has 0 saturated carbocycles. The van der Waals surface area contributed by atoms with Gasteiger partial charge in [0.05, 0.1) is 32.7 Å². The maximum absolute atomic E-state index is 17.0. The lowest BCUT2D eigenvalue weighted by molar-refractivity contribution is 0.107. The van der Waals surface area contributed by atoms with Gasteiger partial charge in [-0.3, -0.25) is 9.88 Å². The number of ether oxygens (including phenoxy) is 2. The topological polar surface area (TPSA) is 95.9 Å². The number of aromatic nitrogens is 3. The van der Waals surface area contributed by atoms with E-state index in [0.717, 1.165) is 44.3 Å². The highest BCUT2D eigenvalue weighted by Crippen LogP contribution is 2.43. The maximum atomic E-state index is 17.0. The van der Waals surface area contributed by atoms with Crippen LogP contribution in [0.5, 0.6) is 11.8 Å². The van der Waals surface area contributed by atoms with Crippen LogP contribution in [0.3, 0.4) is 0 Å². The van der Waals surface area contributed by atoms with E-state index in [1.165, 1.54) is 30.5 Å². The van der Waals surface area contributed by atoms with Crippen LogP contribution < -0.4 is 15.0 Å². The third-order valence-corrected chi connectivity index (χ3v) is 10.4. The minimum Gasteiger partial charge on any atom is -0.508 e. The number of aromatic hydroxyl groups is 1. The molecule has 2 aromatic carbocycles. The minimum atomic E-state index is -2.56. The fourth-order valence-electron chi connectivity index (χ4n) is 8.36. The van der Waals surface area contributed by atoms with Crippen LogP contribution in [0.25, 0.3) is 32.9 Å². The summed E-state index contributed by atoms with van der Waals surface area (Å²) in [7, 11) is -2.56. The van der Waals surface area contributed by atoms with Gasteiger partial charge in [0.2, 0.25) is 0 Å². The number of nitrogens with one attached hydrogen (secondary N) is 1. The Morgan fingerprint density at radius 3 is 3.00 bits per heavy atom. The van der Waals surface area contributed by atoms with Crippen molar-refractivity contribution in [2.24, 2.45) is 0 Å². The lowest BCUT2D eigenvalue weighted by Crippen LogP contribution is -2.61. The standard InChI is InChI=1S/C36H36F2N6O3/c1-4-25-28(37)7-6-22-12-24(45)13-26(29(22)25)31-30(38)32-27(15-39-31)33(43-17-23-8-10-35(18-43,42-23)19-46-3)41-34(40-32)47-20-36-9-5-11-44(36)16-21(2)14-36/h1,6-7,12-13,15,23,42,45H,2,5,8-11,14,16-20H2,3H3/t23?,35?,36-/m0/s1/i3D3. The number of halogens is 2. The molecule has 8 rings (SSSR count). The predicted molar refractivity (Wildman–Crippen MR) is 176 cm³/mol. The molecule has 2 unspecified atom stereocenters. The van der Waals surface area contributed by atoms with Gasteiger partial charge >= 0.3 is 6.01 Å². The molecule has 4 aromatic rings. The number of nitrogens with zero attached hydrogens (tertiary/aromatic N) is 5. The summed E-state index contributed by atoms with van der Waals surface area (Å²) < 4.78 is 66.4. The van der Waals surface area contributed by atoms with Crippen molar-refractivity contribution < 1.29 is 27.5 Å². The van der Waals surface area contributed by atoms with Crippen molar-refractivity contribution >= 4 is 27.5 Å². The SMILES string of the molecule is [2H]C([2H])([2H])OCC12CCC(CN(c3nc(OC[C@@]45CCCN4CC(=C)C5)nc4c(F)c(-c5cc(O)cc6ccc(F)c(C#C)c56)ncc34)C1)N2. The third kappa shape index (κ3) is 4.89. The summed E-state index contributed by atoms with van der Waals surface area (Å²) in [5, 5.41) is 15.1. The van der Waals surface area contributed by atoms with E-state index in [4.69, 9.17) is 25.0 Å². The number of pyridine rings is 1. The van der Waals surface area contributed by atoms with Gasteiger partial charge < -0.3 is 24.8 Å². The summed E-state index contributed by atoms with van der Waals surface area (Å²) >= 11 is 0. The number of terminal acetylenes is 1. The average Bonchev–Trinajstić information content (AvgIpc) is 3.71. The molecule has 0 spiro atoms. The monoisotopic (exact) mass is 641 g/mol. The molecule has 9 nitrogen and oxygen atoms in total. The minimum absolute atomic E-state index is 0.0154. The first-order valence-electron chi connectivity index (χ1n) is 17.4. The Balaban J connectivity index is 1.26. The molecular formula is C36H36F2N6O3. The van der Waals surface area contributed by atoms with Crippen LogP contribution >= 0.6 is 0 Å². The molecule has 3 atom stereocenters. The first-order valence-corrected chi connectivity index (χ1v) is 15.9. The number of hydrogen-bond donors (Lipinski definition) is 2. The van der Waals surface area contributed by atoms with Crippen molar-refractivity contribution in [3.8, 4) is 35.4 Å². The molecule has 0 radical (unpaired) electrons. The van der Waals surface area contributed by atoms with Gasteiger partial charge in [-0.25, -0.2) is 8.78 Å². The van der Waals surface area contributed by atoms with Gasteiger partial charge in [0, 0.05) is 49.9 Å². The molecule has 4 aliphatic heterocycles. The van der Waals surface area contributed by atoms with Crippen LogP contribution in [0.4, 0.5) is 14.6 Å². The summed E-state index contributed by atoms with van der Waals surface area (Å²) in [5.74, 6) is 1.11. The van der Waals surface area contributed by atoms with E-state index in [-0.39, 0.29) is 57.7 Å². The van der Waals surface area contributed by atoms with Crippen molar-refractivity contribution in [1.29, 1.82) is 0 Å². The smallest absolute Gasteiger partial charge is 0.319 e. The van der Waals surface area contributed by atoms with Gasteiger partial charge in [-0.1, -0.05) is 24.1 Å². The highest BCUT2D eigenvalue weighted by atomic mass is 19.1. The van der Waals surface area contributed by atoms with Crippen molar-refractivity contribution in [2.75, 3.05) is 51.3 Å². The van der Waals surface area contributed by atoms with Crippen LogP contribution in [-0.2, 0) is 4.74 Å². The Bertz CT molecular complexity index is 2110. The van der Waals surface area contributed by atoms with E-state index in [9.17, 15) is 9.50 Å². The second-order valence-corrected chi connectivity index (χ2v) is 13.5. The molecule has 242 valence electrons. The number of piperazine rings is 1. The highest BCUT2D eigenvalue weighted by molar-refractivity contribution is 6.03. The number of anilines is 1. The maximum Gasteiger partial charge on any atom is 0.319 e. The summed E-state index contributed by atoms with van der Waals surface area (Å²) in [6, 6.07) is 5.41. The molecule has 6 heterocycles. The van der Waals surface area contributed by atoms with Gasteiger partial charge in [-0.05, 0) is 62.2 Å². The van der Waals surface area contributed by atoms with Crippen molar-refractivity contribution in [1.82, 2.24) is 25.2 Å². The van der Waals surface area contributed by atoms with Crippen LogP contribution in [0.1, 0.15) is 41.8 Å². The van der Waals surface area contributed by atoms with E-state index in [1.807, 2.05) is 4.90 Å². The first-order chi connectivity index (χ1) is 23.9. The number of hydrogen-bond acceptors (Lipinski definition) is 9. The normalized spacial score (nSPS) is 26.7. The van der Waals surface area contributed by atoms with Crippen LogP contribution in [0, 0.1) is 24.0 Å². The zero-order valence-electron chi connectivity index (χ0n) is 28.8. The molecule has 2 bridgehead atoms. The number of fused-ring (bicyclic) bond motifs is 5. The molecule has 2 N–H and O–H groups in total. The van der Waals surface area contributed by atoms with Crippen molar-refractivity contribution in [3.63, 3.8) is 0 Å². The fraction of sp³-hybridized carbons (Fsp3) is 0.417. The number of rotatable bonds is 7. The zero-order chi connectivity index (χ0) is 35.0. The Hall–Kier alpha value is -4.37. The number of phenolic OH excluding ortho intramolecular Hbond substituents is 1. The Labute approximate surface area is 275 Å². The van der Waals surface area contributed by atoms with Crippen molar-refractivity contribution in [3.05, 3.63) is 59.8 Å². The highest BCUT2D eigenvalue weighted by Gasteiger charge is 2.47. The first kappa shape index (κ1) is 26.7. The van der Waals surface area contributed by atoms with Crippen LogP contribution in [0.2, 0.25) is 0 Å². The summed E-state index contributed by atoms with van der Waals surface area (Å²) in [4.78, 5) is 18.3. The van der Waals surface area contributed by atoms with Gasteiger partial charge in [0.25, 0.3) is 0 Å². The summed E-state index contributed by atoms with van der Waals surface area (Å²) in [6.45, 7) is 7.06. The van der Waals surface area contributed by atoms with Crippen LogP contribution in [-0.4, -0.2) is 88.5 Å². The fourth-order valence-corrected chi connectivity index (χ4v) is 8.36. The molecule has 2 aromatic heterocycles. The molecule has 4 aliphatic rings. The van der Waals surface area contributed by atoms with E-state index in [1.54, 1.807) is 0 Å². The number of benzene rings is 2. The second-order valence-electron chi connectivity index (χ2n) is 13.5. The molecule has 0 amide bonds. The quantitative estimate of drug-likeness (QED) is 0.215. The molecule has 0 aliphatic carbocycles. The van der Waals surface area contributed by atoms with E-state index in [0.29, 0.717) is 42.7 Å². The molecule has 47 heavy (non-hydrogen) atoms. The van der Waals surface area contributed by atoms with E-state index < -0.39 is 24.2 Å². The van der Waals surface area contributed by atoms with Crippen molar-refractivity contribution in [2.45, 2.75) is 49.2 Å². The lowest BCUT2D eigenvalue weighted by Gasteiger charge is -2.41. The molecule has 4 saturated heterocycles. The second kappa shape index (κ2) is 11.1. The van der Waals surface area contributed by atoms with Gasteiger partial charge in [-0.15, -0.1) is 6.42 Å².